The Balaban J connectivity index is 2.35. The van der Waals surface area contributed by atoms with Gasteiger partial charge in [0.1, 0.15) is 6.33 Å². The molecule has 2 aromatic rings. The van der Waals surface area contributed by atoms with Crippen LogP contribution in [0, 0.1) is 0 Å². The lowest BCUT2D eigenvalue weighted by Gasteiger charge is -1.99. The van der Waals surface area contributed by atoms with Crippen LogP contribution in [0.1, 0.15) is 10.4 Å². The molecule has 0 aliphatic rings. The van der Waals surface area contributed by atoms with Crippen LogP contribution in [0.4, 0.5) is 5.95 Å². The van der Waals surface area contributed by atoms with E-state index in [1.165, 1.54) is 17.2 Å². The van der Waals surface area contributed by atoms with Crippen molar-refractivity contribution in [3.8, 4) is 5.82 Å². The fourth-order valence-electron chi connectivity index (χ4n) is 1.05. The van der Waals surface area contributed by atoms with Crippen LogP contribution in [0.5, 0.6) is 0 Å². The summed E-state index contributed by atoms with van der Waals surface area (Å²) >= 11 is 0. The summed E-state index contributed by atoms with van der Waals surface area (Å²) in [6.45, 7) is 0. The zero-order valence-corrected chi connectivity index (χ0v) is 7.66. The average molecular weight is 204 g/mol. The second-order valence-electron chi connectivity index (χ2n) is 2.82. The molecule has 0 aromatic carbocycles. The summed E-state index contributed by atoms with van der Waals surface area (Å²) in [6.07, 6.45) is 2.80. The quantitative estimate of drug-likeness (QED) is 0.674. The van der Waals surface area contributed by atoms with E-state index in [4.69, 9.17) is 11.5 Å². The Morgan fingerprint density at radius 2 is 2.13 bits per heavy atom. The van der Waals surface area contributed by atoms with Gasteiger partial charge in [0.15, 0.2) is 5.82 Å². The molecule has 0 atom stereocenters. The highest BCUT2D eigenvalue weighted by Crippen LogP contribution is 2.04. The van der Waals surface area contributed by atoms with E-state index in [2.05, 4.69) is 15.1 Å². The molecular weight excluding hydrogens is 196 g/mol. The van der Waals surface area contributed by atoms with Crippen LogP contribution >= 0.6 is 0 Å². The largest absolute Gasteiger partial charge is 0.366 e. The molecule has 15 heavy (non-hydrogen) atoms. The molecule has 1 amide bonds. The third-order valence-electron chi connectivity index (χ3n) is 1.78. The number of amides is 1. The molecule has 0 aliphatic carbocycles. The molecule has 0 aliphatic heterocycles. The zero-order chi connectivity index (χ0) is 10.8. The topological polar surface area (TPSA) is 113 Å². The molecule has 7 nitrogen and oxygen atoms in total. The van der Waals surface area contributed by atoms with Gasteiger partial charge in [0, 0.05) is 6.20 Å². The van der Waals surface area contributed by atoms with E-state index in [-0.39, 0.29) is 5.95 Å². The Morgan fingerprint density at radius 1 is 1.33 bits per heavy atom. The second kappa shape index (κ2) is 3.37. The number of anilines is 1. The first-order chi connectivity index (χ1) is 7.16. The Kier molecular flexibility index (Phi) is 2.05. The predicted molar refractivity (Wildman–Crippen MR) is 52.1 cm³/mol. The van der Waals surface area contributed by atoms with Gasteiger partial charge < -0.3 is 11.5 Å². The maximum absolute atomic E-state index is 10.8. The minimum atomic E-state index is -0.521. The molecule has 0 bridgehead atoms. The summed E-state index contributed by atoms with van der Waals surface area (Å²) in [6, 6.07) is 3.16. The maximum Gasteiger partial charge on any atom is 0.250 e. The first kappa shape index (κ1) is 9.13. The van der Waals surface area contributed by atoms with Gasteiger partial charge in [-0.2, -0.15) is 0 Å². The number of nitrogens with two attached hydrogens (primary N) is 2. The second-order valence-corrected chi connectivity index (χ2v) is 2.82. The summed E-state index contributed by atoms with van der Waals surface area (Å²) in [4.78, 5) is 18.5. The monoisotopic (exact) mass is 204 g/mol. The normalized spacial score (nSPS) is 10.1. The first-order valence-electron chi connectivity index (χ1n) is 4.10. The van der Waals surface area contributed by atoms with Gasteiger partial charge in [0.05, 0.1) is 5.56 Å². The summed E-state index contributed by atoms with van der Waals surface area (Å²) in [5, 5.41) is 3.86. The lowest BCUT2D eigenvalue weighted by atomic mass is 10.3. The van der Waals surface area contributed by atoms with Gasteiger partial charge >= 0.3 is 0 Å². The lowest BCUT2D eigenvalue weighted by molar-refractivity contribution is 0.1000. The van der Waals surface area contributed by atoms with Gasteiger partial charge in [-0.3, -0.25) is 4.79 Å². The number of hydrogen-bond acceptors (Lipinski definition) is 5. The predicted octanol–water partition coefficient (Wildman–Crippen LogP) is -0.657. The third-order valence-corrected chi connectivity index (χ3v) is 1.78. The van der Waals surface area contributed by atoms with Crippen LogP contribution in [-0.4, -0.2) is 25.7 Å². The number of nitrogens with zero attached hydrogens (tertiary/aromatic N) is 4. The number of pyridine rings is 1. The van der Waals surface area contributed by atoms with E-state index < -0.39 is 5.91 Å². The summed E-state index contributed by atoms with van der Waals surface area (Å²) < 4.78 is 1.40. The van der Waals surface area contributed by atoms with E-state index >= 15 is 0 Å². The van der Waals surface area contributed by atoms with Crippen molar-refractivity contribution in [2.75, 3.05) is 5.73 Å². The van der Waals surface area contributed by atoms with E-state index in [9.17, 15) is 4.79 Å². The molecule has 0 fully saturated rings. The van der Waals surface area contributed by atoms with Crippen LogP contribution in [0.15, 0.2) is 24.7 Å². The van der Waals surface area contributed by atoms with Crippen molar-refractivity contribution in [1.82, 2.24) is 19.7 Å². The minimum absolute atomic E-state index is 0.163. The van der Waals surface area contributed by atoms with Gasteiger partial charge in [0.2, 0.25) is 11.9 Å². The molecule has 0 saturated carbocycles. The van der Waals surface area contributed by atoms with Crippen LogP contribution in [0.25, 0.3) is 5.82 Å². The standard InChI is InChI=1S/C8H8N6O/c9-7(15)5-1-2-6(11-3-5)14-4-12-8(10)13-14/h1-4H,(H2,9,15)(H2,10,13). The molecular formula is C8H8N6O. The van der Waals surface area contributed by atoms with E-state index in [0.717, 1.165) is 0 Å². The molecule has 4 N–H and O–H groups in total. The van der Waals surface area contributed by atoms with Crippen LogP contribution < -0.4 is 11.5 Å². The highest BCUT2D eigenvalue weighted by Gasteiger charge is 2.03. The molecule has 0 unspecified atom stereocenters. The summed E-state index contributed by atoms with van der Waals surface area (Å²) in [5.74, 6) is 0.159. The fraction of sp³-hybridized carbons (Fsp3) is 0. The first-order valence-corrected chi connectivity index (χ1v) is 4.10. The Morgan fingerprint density at radius 3 is 2.60 bits per heavy atom. The van der Waals surface area contributed by atoms with Crippen molar-refractivity contribution < 1.29 is 4.79 Å². The zero-order valence-electron chi connectivity index (χ0n) is 7.66. The molecule has 0 radical (unpaired) electrons. The fourth-order valence-corrected chi connectivity index (χ4v) is 1.05. The molecule has 2 aromatic heterocycles. The number of rotatable bonds is 2. The molecule has 0 spiro atoms. The number of nitrogen functional groups attached to an aromatic ring is 1. The van der Waals surface area contributed by atoms with Crippen molar-refractivity contribution in [3.05, 3.63) is 30.2 Å². The van der Waals surface area contributed by atoms with Crippen LogP contribution in [-0.2, 0) is 0 Å². The van der Waals surface area contributed by atoms with Crippen molar-refractivity contribution in [2.24, 2.45) is 5.73 Å². The summed E-state index contributed by atoms with van der Waals surface area (Å²) in [7, 11) is 0. The van der Waals surface area contributed by atoms with Crippen LogP contribution in [0.3, 0.4) is 0 Å². The average Bonchev–Trinajstić information content (AvgIpc) is 2.65. The van der Waals surface area contributed by atoms with Crippen LogP contribution in [0.2, 0.25) is 0 Å². The minimum Gasteiger partial charge on any atom is -0.366 e. The highest BCUT2D eigenvalue weighted by atomic mass is 16.1. The van der Waals surface area contributed by atoms with Gasteiger partial charge in [-0.05, 0) is 12.1 Å². The van der Waals surface area contributed by atoms with Gasteiger partial charge in [0.25, 0.3) is 0 Å². The van der Waals surface area contributed by atoms with Gasteiger partial charge in [-0.15, -0.1) is 5.10 Å². The Labute approximate surface area is 84.7 Å². The van der Waals surface area contributed by atoms with Crippen molar-refractivity contribution >= 4 is 11.9 Å². The Bertz CT molecular complexity index is 488. The van der Waals surface area contributed by atoms with Gasteiger partial charge in [-0.1, -0.05) is 0 Å². The van der Waals surface area contributed by atoms with Crippen molar-refractivity contribution in [2.45, 2.75) is 0 Å². The van der Waals surface area contributed by atoms with E-state index in [1.54, 1.807) is 12.1 Å². The smallest absolute Gasteiger partial charge is 0.250 e. The number of aromatic nitrogens is 4. The van der Waals surface area contributed by atoms with Gasteiger partial charge in [-0.25, -0.2) is 14.6 Å². The van der Waals surface area contributed by atoms with E-state index in [1.807, 2.05) is 0 Å². The molecule has 76 valence electrons. The molecule has 0 saturated heterocycles. The van der Waals surface area contributed by atoms with Crippen molar-refractivity contribution in [3.63, 3.8) is 0 Å². The highest BCUT2D eigenvalue weighted by molar-refractivity contribution is 5.92. The number of hydrogen-bond donors (Lipinski definition) is 2. The van der Waals surface area contributed by atoms with Crippen molar-refractivity contribution in [1.29, 1.82) is 0 Å². The third kappa shape index (κ3) is 1.75. The molecule has 7 heteroatoms. The summed E-state index contributed by atoms with van der Waals surface area (Å²) in [5.41, 5.74) is 10.8. The number of carbonyl (C=O) groups excluding carboxylic acids is 1. The van der Waals surface area contributed by atoms with E-state index in [0.29, 0.717) is 11.4 Å². The SMILES string of the molecule is NC(=O)c1ccc(-n2cnc(N)n2)nc1. The molecule has 2 heterocycles. The molecule has 2 rings (SSSR count). The Hall–Kier alpha value is -2.44. The maximum atomic E-state index is 10.8. The number of primary amides is 1. The number of carbonyl (C=O) groups is 1. The lowest BCUT2D eigenvalue weighted by Crippen LogP contribution is -2.11.